The molecule has 0 saturated carbocycles. The summed E-state index contributed by atoms with van der Waals surface area (Å²) >= 11 is 0. The lowest BCUT2D eigenvalue weighted by Gasteiger charge is -2.33. The Morgan fingerprint density at radius 2 is 1.94 bits per heavy atom. The van der Waals surface area contributed by atoms with E-state index in [4.69, 9.17) is 0 Å². The lowest BCUT2D eigenvalue weighted by molar-refractivity contribution is -0.139. The van der Waals surface area contributed by atoms with Gasteiger partial charge in [0.05, 0.1) is 0 Å². The van der Waals surface area contributed by atoms with Crippen LogP contribution in [0.3, 0.4) is 0 Å². The lowest BCUT2D eigenvalue weighted by Crippen LogP contribution is -2.56. The molecule has 6 heteroatoms. The summed E-state index contributed by atoms with van der Waals surface area (Å²) in [5.41, 5.74) is -0.775. The topological polar surface area (TPSA) is 66.5 Å². The zero-order valence-corrected chi connectivity index (χ0v) is 12.1. The van der Waals surface area contributed by atoms with Gasteiger partial charge in [-0.15, -0.1) is 0 Å². The maximum absolute atomic E-state index is 12.5. The highest BCUT2D eigenvalue weighted by molar-refractivity contribution is 7.84. The first-order chi connectivity index (χ1) is 8.45. The van der Waals surface area contributed by atoms with Crippen molar-refractivity contribution in [3.63, 3.8) is 0 Å². The molecule has 1 fully saturated rings. The smallest absolute Gasteiger partial charge is 0.248 e. The van der Waals surface area contributed by atoms with Crippen molar-refractivity contribution in [2.24, 2.45) is 0 Å². The van der Waals surface area contributed by atoms with E-state index < -0.39 is 16.3 Å². The standard InChI is InChI=1S/C12H22N2O3S/c1-4-12(5-2)11(16)14(8-9-18(3)17)7-6-10(15)13-12/h4-9H2,1-3H3,(H,13,15). The summed E-state index contributed by atoms with van der Waals surface area (Å²) in [6.07, 6.45) is 3.11. The number of amides is 2. The molecule has 1 aliphatic heterocycles. The molecule has 0 bridgehead atoms. The lowest BCUT2D eigenvalue weighted by atomic mass is 9.91. The van der Waals surface area contributed by atoms with E-state index in [2.05, 4.69) is 5.32 Å². The van der Waals surface area contributed by atoms with Crippen LogP contribution in [0.4, 0.5) is 0 Å². The summed E-state index contributed by atoms with van der Waals surface area (Å²) in [5.74, 6) is 0.347. The number of rotatable bonds is 5. The van der Waals surface area contributed by atoms with Gasteiger partial charge in [0.2, 0.25) is 11.8 Å². The Labute approximate surface area is 111 Å². The molecule has 18 heavy (non-hydrogen) atoms. The predicted octanol–water partition coefficient (Wildman–Crippen LogP) is 0.272. The van der Waals surface area contributed by atoms with Crippen molar-refractivity contribution in [1.29, 1.82) is 0 Å². The number of carbonyl (C=O) groups is 2. The Morgan fingerprint density at radius 1 is 1.33 bits per heavy atom. The Bertz CT molecular complexity index is 353. The van der Waals surface area contributed by atoms with Gasteiger partial charge < -0.3 is 10.2 Å². The van der Waals surface area contributed by atoms with E-state index in [9.17, 15) is 13.8 Å². The molecule has 0 radical (unpaired) electrons. The van der Waals surface area contributed by atoms with E-state index in [1.54, 1.807) is 11.2 Å². The maximum atomic E-state index is 12.5. The Kier molecular flexibility index (Phi) is 5.31. The minimum atomic E-state index is -0.925. The molecular formula is C12H22N2O3S. The second-order valence-corrected chi connectivity index (χ2v) is 6.21. The molecule has 1 N–H and O–H groups in total. The molecule has 0 aliphatic carbocycles. The van der Waals surface area contributed by atoms with Crippen molar-refractivity contribution in [2.45, 2.75) is 38.6 Å². The third-order valence-corrected chi connectivity index (χ3v) is 4.30. The quantitative estimate of drug-likeness (QED) is 0.782. The summed E-state index contributed by atoms with van der Waals surface area (Å²) in [6.45, 7) is 4.69. The van der Waals surface area contributed by atoms with Crippen LogP contribution in [0.15, 0.2) is 0 Å². The molecule has 1 rings (SSSR count). The number of hydrogen-bond donors (Lipinski definition) is 1. The van der Waals surface area contributed by atoms with Crippen LogP contribution >= 0.6 is 0 Å². The van der Waals surface area contributed by atoms with Crippen LogP contribution in [0.1, 0.15) is 33.1 Å². The van der Waals surface area contributed by atoms with Crippen molar-refractivity contribution in [1.82, 2.24) is 10.2 Å². The molecular weight excluding hydrogens is 252 g/mol. The van der Waals surface area contributed by atoms with Crippen molar-refractivity contribution >= 4 is 22.6 Å². The van der Waals surface area contributed by atoms with Crippen LogP contribution in [0, 0.1) is 0 Å². The van der Waals surface area contributed by atoms with Crippen LogP contribution < -0.4 is 5.32 Å². The maximum Gasteiger partial charge on any atom is 0.248 e. The third-order valence-electron chi connectivity index (χ3n) is 3.54. The second kappa shape index (κ2) is 6.31. The zero-order valence-electron chi connectivity index (χ0n) is 11.3. The first-order valence-corrected chi connectivity index (χ1v) is 8.08. The molecule has 1 saturated heterocycles. The monoisotopic (exact) mass is 274 g/mol. The van der Waals surface area contributed by atoms with Crippen LogP contribution in [-0.2, 0) is 20.4 Å². The molecule has 1 unspecified atom stereocenters. The zero-order chi connectivity index (χ0) is 13.8. The summed E-state index contributed by atoms with van der Waals surface area (Å²) in [5, 5.41) is 2.85. The average Bonchev–Trinajstić information content (AvgIpc) is 2.46. The average molecular weight is 274 g/mol. The number of nitrogens with zero attached hydrogens (tertiary/aromatic N) is 1. The van der Waals surface area contributed by atoms with E-state index in [0.29, 0.717) is 38.1 Å². The molecule has 2 amide bonds. The van der Waals surface area contributed by atoms with Gasteiger partial charge in [0.15, 0.2) is 0 Å². The molecule has 0 aromatic heterocycles. The number of carbonyl (C=O) groups excluding carboxylic acids is 2. The van der Waals surface area contributed by atoms with Gasteiger partial charge in [-0.1, -0.05) is 13.8 Å². The Morgan fingerprint density at radius 3 is 2.44 bits per heavy atom. The molecule has 1 heterocycles. The molecule has 1 aliphatic rings. The van der Waals surface area contributed by atoms with Gasteiger partial charge in [-0.05, 0) is 12.8 Å². The Balaban J connectivity index is 2.89. The van der Waals surface area contributed by atoms with Gasteiger partial charge in [0, 0.05) is 42.3 Å². The molecule has 1 atom stereocenters. The fraction of sp³-hybridized carbons (Fsp3) is 0.833. The molecule has 0 aromatic carbocycles. The van der Waals surface area contributed by atoms with Crippen molar-refractivity contribution in [3.8, 4) is 0 Å². The highest BCUT2D eigenvalue weighted by Crippen LogP contribution is 2.21. The molecule has 5 nitrogen and oxygen atoms in total. The largest absolute Gasteiger partial charge is 0.342 e. The van der Waals surface area contributed by atoms with Crippen molar-refractivity contribution in [3.05, 3.63) is 0 Å². The minimum absolute atomic E-state index is 0.0381. The van der Waals surface area contributed by atoms with Gasteiger partial charge in [-0.3, -0.25) is 13.8 Å². The van der Waals surface area contributed by atoms with E-state index in [1.807, 2.05) is 13.8 Å². The minimum Gasteiger partial charge on any atom is -0.342 e. The first kappa shape index (κ1) is 15.1. The van der Waals surface area contributed by atoms with Gasteiger partial charge in [-0.25, -0.2) is 0 Å². The summed E-state index contributed by atoms with van der Waals surface area (Å²) in [4.78, 5) is 25.9. The normalized spacial score (nSPS) is 21.4. The fourth-order valence-electron chi connectivity index (χ4n) is 2.20. The highest BCUT2D eigenvalue weighted by Gasteiger charge is 2.41. The van der Waals surface area contributed by atoms with Crippen molar-refractivity contribution < 1.29 is 13.8 Å². The van der Waals surface area contributed by atoms with Crippen LogP contribution in [0.5, 0.6) is 0 Å². The van der Waals surface area contributed by atoms with Crippen LogP contribution in [0.25, 0.3) is 0 Å². The van der Waals surface area contributed by atoms with E-state index in [0.717, 1.165) is 0 Å². The van der Waals surface area contributed by atoms with Crippen LogP contribution in [0.2, 0.25) is 0 Å². The fourth-order valence-corrected chi connectivity index (χ4v) is 2.68. The van der Waals surface area contributed by atoms with Gasteiger partial charge >= 0.3 is 0 Å². The highest BCUT2D eigenvalue weighted by atomic mass is 32.2. The SMILES string of the molecule is CCC1(CC)NC(=O)CCN(CCS(C)=O)C1=O. The van der Waals surface area contributed by atoms with Gasteiger partial charge in [-0.2, -0.15) is 0 Å². The summed E-state index contributed by atoms with van der Waals surface area (Å²) < 4.78 is 11.1. The van der Waals surface area contributed by atoms with Crippen molar-refractivity contribution in [2.75, 3.05) is 25.1 Å². The van der Waals surface area contributed by atoms with E-state index >= 15 is 0 Å². The second-order valence-electron chi connectivity index (χ2n) is 4.66. The molecule has 0 aromatic rings. The summed E-state index contributed by atoms with van der Waals surface area (Å²) in [7, 11) is -0.925. The predicted molar refractivity (Wildman–Crippen MR) is 71.6 cm³/mol. The van der Waals surface area contributed by atoms with Gasteiger partial charge in [0.25, 0.3) is 0 Å². The molecule has 104 valence electrons. The Hall–Kier alpha value is -0.910. The third kappa shape index (κ3) is 3.31. The van der Waals surface area contributed by atoms with Crippen LogP contribution in [-0.4, -0.2) is 51.6 Å². The number of nitrogens with one attached hydrogen (secondary N) is 1. The number of hydrogen-bond acceptors (Lipinski definition) is 3. The summed E-state index contributed by atoms with van der Waals surface area (Å²) in [6, 6.07) is 0. The first-order valence-electron chi connectivity index (χ1n) is 6.35. The van der Waals surface area contributed by atoms with E-state index in [-0.39, 0.29) is 11.8 Å². The van der Waals surface area contributed by atoms with Gasteiger partial charge in [0.1, 0.15) is 5.54 Å². The molecule has 0 spiro atoms. The van der Waals surface area contributed by atoms with E-state index in [1.165, 1.54) is 0 Å².